The van der Waals surface area contributed by atoms with Gasteiger partial charge in [0.15, 0.2) is 0 Å². The van der Waals surface area contributed by atoms with Gasteiger partial charge in [-0.25, -0.2) is 4.79 Å². The Kier molecular flexibility index (Phi) is 12.6. The fraction of sp³-hybridized carbons (Fsp3) is 0.846. The van der Waals surface area contributed by atoms with Crippen LogP contribution >= 0.6 is 0 Å². The van der Waals surface area contributed by atoms with E-state index in [1.807, 2.05) is 6.92 Å². The molecule has 1 saturated heterocycles. The third-order valence-corrected chi connectivity index (χ3v) is 6.48. The average molecular weight is 511 g/mol. The van der Waals surface area contributed by atoms with Gasteiger partial charge in [-0.1, -0.05) is 45.4 Å². The first-order valence-corrected chi connectivity index (χ1v) is 13.5. The van der Waals surface area contributed by atoms with Gasteiger partial charge in [0.1, 0.15) is 12.1 Å². The van der Waals surface area contributed by atoms with Crippen LogP contribution in [0.3, 0.4) is 0 Å². The number of amides is 4. The first-order chi connectivity index (χ1) is 17.1. The van der Waals surface area contributed by atoms with Crippen LogP contribution in [0.25, 0.3) is 0 Å². The molecular weight excluding hydrogens is 464 g/mol. The molecular formula is C26H46N4O6. The molecule has 1 heterocycles. The van der Waals surface area contributed by atoms with Crippen LogP contribution < -0.4 is 16.0 Å². The van der Waals surface area contributed by atoms with E-state index < -0.39 is 35.2 Å². The van der Waals surface area contributed by atoms with Crippen molar-refractivity contribution in [1.82, 2.24) is 20.9 Å². The maximum Gasteiger partial charge on any atom is 0.318 e. The lowest BCUT2D eigenvalue weighted by atomic mass is 9.84. The summed E-state index contributed by atoms with van der Waals surface area (Å²) in [6.45, 7) is 9.54. The second-order valence-corrected chi connectivity index (χ2v) is 10.9. The Bertz CT molecular complexity index is 726. The van der Waals surface area contributed by atoms with Gasteiger partial charge in [-0.15, -0.1) is 0 Å². The molecule has 2 fully saturated rings. The molecule has 2 atom stereocenters. The summed E-state index contributed by atoms with van der Waals surface area (Å²) in [5.41, 5.74) is -0.597. The highest BCUT2D eigenvalue weighted by Crippen LogP contribution is 2.27. The fourth-order valence-corrected chi connectivity index (χ4v) is 4.46. The Morgan fingerprint density at radius 3 is 2.28 bits per heavy atom. The molecule has 0 bridgehead atoms. The smallest absolute Gasteiger partial charge is 0.318 e. The van der Waals surface area contributed by atoms with Crippen molar-refractivity contribution in [2.24, 2.45) is 5.92 Å². The molecule has 0 aromatic rings. The highest BCUT2D eigenvalue weighted by atomic mass is 16.5. The number of hydrogen-bond acceptors (Lipinski definition) is 6. The second-order valence-electron chi connectivity index (χ2n) is 10.9. The minimum Gasteiger partial charge on any atom is -0.379 e. The minimum atomic E-state index is -1.13. The summed E-state index contributed by atoms with van der Waals surface area (Å²) in [4.78, 5) is 53.6. The maximum atomic E-state index is 13.4. The Labute approximate surface area is 215 Å². The molecule has 0 aromatic heterocycles. The van der Waals surface area contributed by atoms with Gasteiger partial charge in [-0.2, -0.15) is 0 Å². The van der Waals surface area contributed by atoms with Gasteiger partial charge in [0.05, 0.1) is 19.8 Å². The lowest BCUT2D eigenvalue weighted by Gasteiger charge is -2.31. The predicted molar refractivity (Wildman–Crippen MR) is 136 cm³/mol. The van der Waals surface area contributed by atoms with Gasteiger partial charge in [0.25, 0.3) is 5.91 Å². The monoisotopic (exact) mass is 510 g/mol. The fourth-order valence-electron chi connectivity index (χ4n) is 4.46. The zero-order valence-corrected chi connectivity index (χ0v) is 22.5. The van der Waals surface area contributed by atoms with Gasteiger partial charge < -0.3 is 30.3 Å². The largest absolute Gasteiger partial charge is 0.379 e. The summed E-state index contributed by atoms with van der Waals surface area (Å²) in [5, 5.41) is 8.28. The zero-order valence-electron chi connectivity index (χ0n) is 22.5. The highest BCUT2D eigenvalue weighted by Gasteiger charge is 2.34. The third-order valence-electron chi connectivity index (χ3n) is 6.48. The van der Waals surface area contributed by atoms with Crippen LogP contribution in [-0.4, -0.2) is 85.7 Å². The molecule has 2 aliphatic rings. The molecule has 10 nitrogen and oxygen atoms in total. The van der Waals surface area contributed by atoms with Crippen LogP contribution in [0.4, 0.5) is 4.79 Å². The van der Waals surface area contributed by atoms with Gasteiger partial charge in [0.2, 0.25) is 11.7 Å². The van der Waals surface area contributed by atoms with E-state index in [-0.39, 0.29) is 12.6 Å². The zero-order chi connectivity index (χ0) is 26.6. The summed E-state index contributed by atoms with van der Waals surface area (Å²) in [6.07, 6.45) is 7.64. The van der Waals surface area contributed by atoms with Crippen LogP contribution in [0, 0.1) is 5.92 Å². The van der Waals surface area contributed by atoms with Crippen LogP contribution in [-0.2, 0) is 23.9 Å². The number of morpholine rings is 1. The molecule has 0 aromatic carbocycles. The molecule has 2 rings (SSSR count). The normalized spacial score (nSPS) is 18.7. The lowest BCUT2D eigenvalue weighted by molar-refractivity contribution is -0.142. The molecule has 0 radical (unpaired) electrons. The van der Waals surface area contributed by atoms with Gasteiger partial charge in [-0.05, 0) is 39.5 Å². The lowest BCUT2D eigenvalue weighted by Crippen LogP contribution is -2.58. The van der Waals surface area contributed by atoms with Gasteiger partial charge >= 0.3 is 6.03 Å². The average Bonchev–Trinajstić information content (AvgIpc) is 2.85. The van der Waals surface area contributed by atoms with Crippen molar-refractivity contribution >= 4 is 23.6 Å². The van der Waals surface area contributed by atoms with Crippen LogP contribution in [0.15, 0.2) is 0 Å². The van der Waals surface area contributed by atoms with E-state index in [0.717, 1.165) is 38.5 Å². The SMILES string of the molecule is CCCCOCC(NC(=O)[C@H](CC1CCCCC1)NC(=O)N1CCOCC1)C(=O)C(=O)NC(C)(C)C. The van der Waals surface area contributed by atoms with Crippen molar-refractivity contribution in [3.05, 3.63) is 0 Å². The molecule has 1 saturated carbocycles. The minimum absolute atomic E-state index is 0.101. The number of ketones is 1. The number of rotatable bonds is 12. The maximum absolute atomic E-state index is 13.4. The van der Waals surface area contributed by atoms with E-state index in [2.05, 4.69) is 16.0 Å². The second kappa shape index (κ2) is 15.1. The number of urea groups is 1. The van der Waals surface area contributed by atoms with Crippen molar-refractivity contribution in [2.45, 2.75) is 96.7 Å². The summed E-state index contributed by atoms with van der Waals surface area (Å²) in [6, 6.07) is -2.26. The van der Waals surface area contributed by atoms with Crippen LogP contribution in [0.2, 0.25) is 0 Å². The number of Topliss-reactive ketones (excluding diaryl/α,β-unsaturated/α-hetero) is 1. The third kappa shape index (κ3) is 10.8. The van der Waals surface area contributed by atoms with Crippen LogP contribution in [0.5, 0.6) is 0 Å². The van der Waals surface area contributed by atoms with E-state index in [1.54, 1.807) is 25.7 Å². The van der Waals surface area contributed by atoms with E-state index in [4.69, 9.17) is 9.47 Å². The van der Waals surface area contributed by atoms with E-state index in [9.17, 15) is 19.2 Å². The number of carbonyl (C=O) groups excluding carboxylic acids is 4. The first-order valence-electron chi connectivity index (χ1n) is 13.5. The van der Waals surface area contributed by atoms with Gasteiger partial charge in [0, 0.05) is 25.2 Å². The van der Waals surface area contributed by atoms with Gasteiger partial charge in [-0.3, -0.25) is 14.4 Å². The Hall–Kier alpha value is -2.20. The van der Waals surface area contributed by atoms with Crippen molar-refractivity contribution in [2.75, 3.05) is 39.5 Å². The summed E-state index contributed by atoms with van der Waals surface area (Å²) >= 11 is 0. The number of carbonyl (C=O) groups is 4. The number of hydrogen-bond donors (Lipinski definition) is 3. The molecule has 3 N–H and O–H groups in total. The summed E-state index contributed by atoms with van der Waals surface area (Å²) in [5.74, 6) is -1.68. The van der Waals surface area contributed by atoms with E-state index >= 15 is 0 Å². The molecule has 0 spiro atoms. The van der Waals surface area contributed by atoms with Crippen LogP contribution in [0.1, 0.15) is 79.1 Å². The molecule has 4 amide bonds. The number of nitrogens with zero attached hydrogens (tertiary/aromatic N) is 1. The molecule has 1 aliphatic carbocycles. The number of unbranched alkanes of at least 4 members (excludes halogenated alkanes) is 1. The Morgan fingerprint density at radius 2 is 1.67 bits per heavy atom. The number of ether oxygens (including phenoxy) is 2. The van der Waals surface area contributed by atoms with Crippen molar-refractivity contribution in [3.8, 4) is 0 Å². The van der Waals surface area contributed by atoms with Crippen molar-refractivity contribution < 1.29 is 28.7 Å². The van der Waals surface area contributed by atoms with E-state index in [0.29, 0.717) is 45.2 Å². The summed E-state index contributed by atoms with van der Waals surface area (Å²) in [7, 11) is 0. The summed E-state index contributed by atoms with van der Waals surface area (Å²) < 4.78 is 10.9. The predicted octanol–water partition coefficient (Wildman–Crippen LogP) is 2.15. The standard InChI is InChI=1S/C26H46N4O6/c1-5-6-14-36-18-21(22(31)24(33)29-26(2,3)4)27-23(32)20(17-19-10-8-7-9-11-19)28-25(34)30-12-15-35-16-13-30/h19-21H,5-18H2,1-4H3,(H,27,32)(H,28,34)(H,29,33)/t20-,21?/m0/s1. The first kappa shape index (κ1) is 30.0. The number of nitrogens with one attached hydrogen (secondary N) is 3. The molecule has 206 valence electrons. The molecule has 36 heavy (non-hydrogen) atoms. The highest BCUT2D eigenvalue weighted by molar-refractivity contribution is 6.38. The quantitative estimate of drug-likeness (QED) is 0.273. The Morgan fingerprint density at radius 1 is 1.00 bits per heavy atom. The molecule has 10 heteroatoms. The molecule has 1 aliphatic heterocycles. The van der Waals surface area contributed by atoms with E-state index in [1.165, 1.54) is 6.42 Å². The topological polar surface area (TPSA) is 126 Å². The Balaban J connectivity index is 2.12. The van der Waals surface area contributed by atoms with Crippen molar-refractivity contribution in [1.29, 1.82) is 0 Å². The molecule has 1 unspecified atom stereocenters. The van der Waals surface area contributed by atoms with Crippen molar-refractivity contribution in [3.63, 3.8) is 0 Å².